The first-order valence-corrected chi connectivity index (χ1v) is 7.87. The van der Waals surface area contributed by atoms with Crippen molar-refractivity contribution in [2.45, 2.75) is 26.4 Å². The fraction of sp³-hybridized carbons (Fsp3) is 0.200. The van der Waals surface area contributed by atoms with Gasteiger partial charge in [0.15, 0.2) is 0 Å². The summed E-state index contributed by atoms with van der Waals surface area (Å²) in [6.45, 7) is 2.82. The predicted octanol–water partition coefficient (Wildman–Crippen LogP) is 3.93. The molecule has 0 saturated heterocycles. The van der Waals surface area contributed by atoms with Crippen LogP contribution in [0.1, 0.15) is 42.2 Å². The highest BCUT2D eigenvalue weighted by Gasteiger charge is 2.25. The molecule has 0 N–H and O–H groups in total. The van der Waals surface area contributed by atoms with Gasteiger partial charge in [0.1, 0.15) is 11.9 Å². The summed E-state index contributed by atoms with van der Waals surface area (Å²) in [7, 11) is 0. The highest BCUT2D eigenvalue weighted by Crippen LogP contribution is 2.42. The van der Waals surface area contributed by atoms with Crippen LogP contribution in [0.2, 0.25) is 0 Å². The van der Waals surface area contributed by atoms with E-state index in [2.05, 4.69) is 6.07 Å². The number of hydrogen-bond donors (Lipinski definition) is 0. The number of allylic oxidation sites excluding steroid dienone is 1. The molecular weight excluding hydrogens is 304 g/mol. The Hall–Kier alpha value is -2.88. The van der Waals surface area contributed by atoms with Crippen LogP contribution in [-0.2, 0) is 25.5 Å². The van der Waals surface area contributed by atoms with Crippen LogP contribution in [0.3, 0.4) is 0 Å². The van der Waals surface area contributed by atoms with E-state index in [0.29, 0.717) is 12.2 Å². The highest BCUT2D eigenvalue weighted by atomic mass is 16.5. The molecule has 0 saturated carbocycles. The van der Waals surface area contributed by atoms with Crippen molar-refractivity contribution < 1.29 is 19.1 Å². The van der Waals surface area contributed by atoms with E-state index in [4.69, 9.17) is 9.47 Å². The zero-order valence-corrected chi connectivity index (χ0v) is 13.5. The fourth-order valence-corrected chi connectivity index (χ4v) is 3.51. The Kier molecular flexibility index (Phi) is 3.27. The van der Waals surface area contributed by atoms with E-state index >= 15 is 0 Å². The standard InChI is InChI=1S/C20H16O4/c1-11(21)23-17-9-5-13-4-8-16-18(24-12(2)22)10-6-14-3-7-15(17)19(13)20(14)16/h3-5,7-10,17H,6H2,1-2H3/t17-/m1/s1. The summed E-state index contributed by atoms with van der Waals surface area (Å²) >= 11 is 0. The highest BCUT2D eigenvalue weighted by molar-refractivity contribution is 6.05. The molecule has 2 aliphatic rings. The van der Waals surface area contributed by atoms with E-state index in [0.717, 1.165) is 27.5 Å². The monoisotopic (exact) mass is 320 g/mol. The number of hydrogen-bond acceptors (Lipinski definition) is 4. The lowest BCUT2D eigenvalue weighted by atomic mass is 9.83. The van der Waals surface area contributed by atoms with Crippen molar-refractivity contribution in [1.82, 2.24) is 0 Å². The van der Waals surface area contributed by atoms with E-state index in [1.165, 1.54) is 19.4 Å². The minimum atomic E-state index is -0.387. The molecule has 0 aromatic heterocycles. The van der Waals surface area contributed by atoms with Gasteiger partial charge in [-0.25, -0.2) is 0 Å². The number of benzene rings is 2. The van der Waals surface area contributed by atoms with E-state index in [9.17, 15) is 9.59 Å². The van der Waals surface area contributed by atoms with Crippen molar-refractivity contribution in [3.8, 4) is 0 Å². The summed E-state index contributed by atoms with van der Waals surface area (Å²) in [5.41, 5.74) is 4.13. The van der Waals surface area contributed by atoms with Gasteiger partial charge in [-0.2, -0.15) is 0 Å². The number of ether oxygens (including phenoxy) is 2. The topological polar surface area (TPSA) is 52.6 Å². The molecule has 24 heavy (non-hydrogen) atoms. The first kappa shape index (κ1) is 14.7. The van der Waals surface area contributed by atoms with Crippen LogP contribution < -0.4 is 0 Å². The zero-order valence-electron chi connectivity index (χ0n) is 13.5. The maximum absolute atomic E-state index is 11.4. The number of carbonyl (C=O) groups is 2. The molecule has 0 heterocycles. The molecule has 1 atom stereocenters. The second-order valence-electron chi connectivity index (χ2n) is 6.02. The number of carbonyl (C=O) groups excluding carboxylic acids is 2. The average Bonchev–Trinajstić information content (AvgIpc) is 2.54. The molecule has 0 bridgehead atoms. The summed E-state index contributed by atoms with van der Waals surface area (Å²) in [4.78, 5) is 22.8. The molecule has 2 aliphatic carbocycles. The van der Waals surface area contributed by atoms with Gasteiger partial charge in [-0.3, -0.25) is 9.59 Å². The third-order valence-electron chi connectivity index (χ3n) is 4.39. The molecular formula is C20H16O4. The fourth-order valence-electron chi connectivity index (χ4n) is 3.51. The van der Waals surface area contributed by atoms with Crippen molar-refractivity contribution in [3.05, 3.63) is 58.7 Å². The van der Waals surface area contributed by atoms with Crippen LogP contribution >= 0.6 is 0 Å². The van der Waals surface area contributed by atoms with Gasteiger partial charge in [0.2, 0.25) is 0 Å². The van der Waals surface area contributed by atoms with E-state index < -0.39 is 0 Å². The predicted molar refractivity (Wildman–Crippen MR) is 90.9 cm³/mol. The molecule has 4 heteroatoms. The molecule has 0 spiro atoms. The number of rotatable bonds is 2. The van der Waals surface area contributed by atoms with Gasteiger partial charge in [0.25, 0.3) is 0 Å². The van der Waals surface area contributed by atoms with Crippen LogP contribution in [0.15, 0.2) is 36.4 Å². The molecule has 2 aromatic rings. The maximum atomic E-state index is 11.4. The van der Waals surface area contributed by atoms with Crippen LogP contribution in [0.25, 0.3) is 22.6 Å². The van der Waals surface area contributed by atoms with Crippen molar-refractivity contribution >= 4 is 34.5 Å². The molecule has 0 amide bonds. The molecule has 4 rings (SSSR count). The minimum absolute atomic E-state index is 0.311. The Morgan fingerprint density at radius 2 is 1.88 bits per heavy atom. The molecule has 120 valence electrons. The lowest BCUT2D eigenvalue weighted by Crippen LogP contribution is -2.12. The molecule has 0 fully saturated rings. The Balaban J connectivity index is 1.95. The summed E-state index contributed by atoms with van der Waals surface area (Å²) in [6.07, 6.45) is 6.13. The lowest BCUT2D eigenvalue weighted by Gasteiger charge is -2.25. The Morgan fingerprint density at radius 1 is 1.04 bits per heavy atom. The van der Waals surface area contributed by atoms with Crippen LogP contribution in [0.4, 0.5) is 0 Å². The third kappa shape index (κ3) is 2.22. The second kappa shape index (κ2) is 5.34. The van der Waals surface area contributed by atoms with E-state index in [-0.39, 0.29) is 18.0 Å². The van der Waals surface area contributed by atoms with Gasteiger partial charge < -0.3 is 9.47 Å². The van der Waals surface area contributed by atoms with Crippen molar-refractivity contribution in [2.24, 2.45) is 0 Å². The molecule has 0 aliphatic heterocycles. The van der Waals surface area contributed by atoms with E-state index in [1.54, 1.807) is 0 Å². The first-order chi connectivity index (χ1) is 11.5. The Labute approximate surface area is 139 Å². The summed E-state index contributed by atoms with van der Waals surface area (Å²) in [5, 5.41) is 2.14. The number of esters is 2. The quantitative estimate of drug-likeness (QED) is 0.787. The van der Waals surface area contributed by atoms with E-state index in [1.807, 2.05) is 36.4 Å². The minimum Gasteiger partial charge on any atom is -0.453 e. The summed E-state index contributed by atoms with van der Waals surface area (Å²) < 4.78 is 10.8. The normalized spacial score (nSPS) is 17.4. The SMILES string of the molecule is CC(=O)OC1=CCc2ccc3c4c(ccc1c24)C=C[C@H]3OC(C)=O. The molecule has 2 aromatic carbocycles. The van der Waals surface area contributed by atoms with Gasteiger partial charge in [-0.05, 0) is 46.5 Å². The maximum Gasteiger partial charge on any atom is 0.308 e. The Morgan fingerprint density at radius 3 is 2.62 bits per heavy atom. The van der Waals surface area contributed by atoms with Crippen molar-refractivity contribution in [1.29, 1.82) is 0 Å². The van der Waals surface area contributed by atoms with Gasteiger partial charge in [0.05, 0.1) is 0 Å². The first-order valence-electron chi connectivity index (χ1n) is 7.87. The second-order valence-corrected chi connectivity index (χ2v) is 6.02. The zero-order chi connectivity index (χ0) is 16.8. The third-order valence-corrected chi connectivity index (χ3v) is 4.39. The summed E-state index contributed by atoms with van der Waals surface area (Å²) in [5.74, 6) is -0.0470. The van der Waals surface area contributed by atoms with Gasteiger partial charge in [0, 0.05) is 25.0 Å². The Bertz CT molecular complexity index is 950. The molecule has 0 unspecified atom stereocenters. The smallest absolute Gasteiger partial charge is 0.308 e. The van der Waals surface area contributed by atoms with Crippen LogP contribution in [-0.4, -0.2) is 11.9 Å². The molecule has 0 radical (unpaired) electrons. The van der Waals surface area contributed by atoms with Gasteiger partial charge in [-0.15, -0.1) is 0 Å². The van der Waals surface area contributed by atoms with Crippen LogP contribution in [0, 0.1) is 0 Å². The largest absolute Gasteiger partial charge is 0.453 e. The average molecular weight is 320 g/mol. The van der Waals surface area contributed by atoms with Crippen LogP contribution in [0.5, 0.6) is 0 Å². The lowest BCUT2D eigenvalue weighted by molar-refractivity contribution is -0.144. The molecule has 4 nitrogen and oxygen atoms in total. The summed E-state index contributed by atoms with van der Waals surface area (Å²) in [6, 6.07) is 8.07. The van der Waals surface area contributed by atoms with Crippen molar-refractivity contribution in [2.75, 3.05) is 0 Å². The van der Waals surface area contributed by atoms with Gasteiger partial charge in [-0.1, -0.05) is 24.3 Å². The van der Waals surface area contributed by atoms with Crippen molar-refractivity contribution in [3.63, 3.8) is 0 Å². The van der Waals surface area contributed by atoms with Gasteiger partial charge >= 0.3 is 11.9 Å².